The van der Waals surface area contributed by atoms with Crippen LogP contribution in [0.15, 0.2) is 24.3 Å². The predicted molar refractivity (Wildman–Crippen MR) is 84.2 cm³/mol. The molecule has 0 bridgehead atoms. The first kappa shape index (κ1) is 16.3. The molecule has 1 fully saturated rings. The second-order valence-corrected chi connectivity index (χ2v) is 6.68. The van der Waals surface area contributed by atoms with E-state index in [9.17, 15) is 4.79 Å². The third-order valence-corrected chi connectivity index (χ3v) is 3.90. The fraction of sp³-hybridized carbons (Fsp3) is 0.562. The Labute approximate surface area is 131 Å². The van der Waals surface area contributed by atoms with Crippen molar-refractivity contribution in [2.24, 2.45) is 5.73 Å². The number of morpholine rings is 1. The lowest BCUT2D eigenvalue weighted by molar-refractivity contribution is -0.139. The Morgan fingerprint density at radius 1 is 1.43 bits per heavy atom. The average Bonchev–Trinajstić information content (AvgIpc) is 2.45. The highest BCUT2D eigenvalue weighted by atomic mass is 35.5. The molecule has 0 spiro atoms. The van der Waals surface area contributed by atoms with Gasteiger partial charge in [-0.05, 0) is 38.0 Å². The molecule has 116 valence electrons. The predicted octanol–water partition coefficient (Wildman–Crippen LogP) is 2.76. The molecule has 1 unspecified atom stereocenters. The zero-order valence-electron chi connectivity index (χ0n) is 12.6. The van der Waals surface area contributed by atoms with E-state index in [1.54, 1.807) is 0 Å². The minimum absolute atomic E-state index is 0.0779. The molecule has 0 radical (unpaired) electrons. The number of amides is 1. The van der Waals surface area contributed by atoms with Crippen molar-refractivity contribution in [1.82, 2.24) is 4.90 Å². The Balaban J connectivity index is 1.94. The summed E-state index contributed by atoms with van der Waals surface area (Å²) in [5, 5.41) is 0.702. The number of carbonyl (C=O) groups excluding carboxylic acids is 1. The number of halogens is 1. The summed E-state index contributed by atoms with van der Waals surface area (Å²) in [7, 11) is 0. The van der Waals surface area contributed by atoms with Crippen LogP contribution in [0.25, 0.3) is 0 Å². The van der Waals surface area contributed by atoms with Crippen molar-refractivity contribution in [3.05, 3.63) is 34.9 Å². The Morgan fingerprint density at radius 2 is 2.10 bits per heavy atom. The largest absolute Gasteiger partial charge is 0.370 e. The molecule has 5 heteroatoms. The first-order valence-corrected chi connectivity index (χ1v) is 7.67. The first-order chi connectivity index (χ1) is 9.85. The summed E-state index contributed by atoms with van der Waals surface area (Å²) >= 11 is 5.90. The van der Waals surface area contributed by atoms with E-state index < -0.39 is 0 Å². The molecular formula is C16H23ClN2O2. The standard InChI is InChI=1S/C16H23ClN2O2/c1-16(2,18)8-7-15(20)19-9-10-21-14(11-19)12-3-5-13(17)6-4-12/h3-6,14H,7-11,18H2,1-2H3. The van der Waals surface area contributed by atoms with Gasteiger partial charge >= 0.3 is 0 Å². The Hall–Kier alpha value is -1.10. The van der Waals surface area contributed by atoms with Crippen molar-refractivity contribution < 1.29 is 9.53 Å². The molecule has 2 N–H and O–H groups in total. The number of benzene rings is 1. The first-order valence-electron chi connectivity index (χ1n) is 7.29. The molecular weight excluding hydrogens is 288 g/mol. The minimum Gasteiger partial charge on any atom is -0.370 e. The van der Waals surface area contributed by atoms with Crippen LogP contribution >= 0.6 is 11.6 Å². The molecule has 1 saturated heterocycles. The summed E-state index contributed by atoms with van der Waals surface area (Å²) in [5.74, 6) is 0.149. The maximum Gasteiger partial charge on any atom is 0.222 e. The summed E-state index contributed by atoms with van der Waals surface area (Å²) in [6, 6.07) is 7.59. The number of nitrogens with two attached hydrogens (primary N) is 1. The average molecular weight is 311 g/mol. The highest BCUT2D eigenvalue weighted by molar-refractivity contribution is 6.30. The topological polar surface area (TPSA) is 55.6 Å². The molecule has 1 heterocycles. The zero-order chi connectivity index (χ0) is 15.5. The van der Waals surface area contributed by atoms with Crippen LogP contribution in [0.3, 0.4) is 0 Å². The number of nitrogens with zero attached hydrogens (tertiary/aromatic N) is 1. The van der Waals surface area contributed by atoms with Gasteiger partial charge in [-0.1, -0.05) is 23.7 Å². The summed E-state index contributed by atoms with van der Waals surface area (Å²) in [4.78, 5) is 14.1. The van der Waals surface area contributed by atoms with Crippen LogP contribution in [0.4, 0.5) is 0 Å². The van der Waals surface area contributed by atoms with Gasteiger partial charge < -0.3 is 15.4 Å². The van der Waals surface area contributed by atoms with Crippen LogP contribution in [-0.2, 0) is 9.53 Å². The maximum absolute atomic E-state index is 12.3. The Kier molecular flexibility index (Phi) is 5.25. The van der Waals surface area contributed by atoms with Crippen molar-refractivity contribution in [1.29, 1.82) is 0 Å². The smallest absolute Gasteiger partial charge is 0.222 e. The molecule has 1 aromatic rings. The van der Waals surface area contributed by atoms with E-state index in [4.69, 9.17) is 22.1 Å². The van der Waals surface area contributed by atoms with Crippen molar-refractivity contribution in [2.75, 3.05) is 19.7 Å². The van der Waals surface area contributed by atoms with E-state index in [0.29, 0.717) is 37.6 Å². The lowest BCUT2D eigenvalue weighted by Crippen LogP contribution is -2.43. The van der Waals surface area contributed by atoms with Gasteiger partial charge in [0.1, 0.15) is 6.10 Å². The number of carbonyl (C=O) groups is 1. The van der Waals surface area contributed by atoms with Crippen molar-refractivity contribution >= 4 is 17.5 Å². The summed E-state index contributed by atoms with van der Waals surface area (Å²) in [6.45, 7) is 5.68. The second-order valence-electron chi connectivity index (χ2n) is 6.24. The monoisotopic (exact) mass is 310 g/mol. The van der Waals surface area contributed by atoms with Crippen LogP contribution in [0.2, 0.25) is 5.02 Å². The summed E-state index contributed by atoms with van der Waals surface area (Å²) in [5.41, 5.74) is 6.68. The number of hydrogen-bond donors (Lipinski definition) is 1. The molecule has 0 aromatic heterocycles. The van der Waals surface area contributed by atoms with Gasteiger partial charge in [-0.2, -0.15) is 0 Å². The van der Waals surface area contributed by atoms with Gasteiger partial charge in [-0.15, -0.1) is 0 Å². The van der Waals surface area contributed by atoms with E-state index in [2.05, 4.69) is 0 Å². The van der Waals surface area contributed by atoms with E-state index in [0.717, 1.165) is 5.56 Å². The molecule has 1 amide bonds. The highest BCUT2D eigenvalue weighted by Gasteiger charge is 2.26. The van der Waals surface area contributed by atoms with E-state index in [1.165, 1.54) is 0 Å². The normalized spacial score (nSPS) is 19.6. The zero-order valence-corrected chi connectivity index (χ0v) is 13.4. The molecule has 0 saturated carbocycles. The fourth-order valence-corrected chi connectivity index (χ4v) is 2.47. The van der Waals surface area contributed by atoms with Gasteiger partial charge in [-0.25, -0.2) is 0 Å². The molecule has 1 aliphatic rings. The van der Waals surface area contributed by atoms with Gasteiger partial charge in [0.25, 0.3) is 0 Å². The second kappa shape index (κ2) is 6.77. The Bertz CT molecular complexity index is 482. The molecule has 0 aliphatic carbocycles. The van der Waals surface area contributed by atoms with Gasteiger partial charge in [0.15, 0.2) is 0 Å². The maximum atomic E-state index is 12.3. The fourth-order valence-electron chi connectivity index (χ4n) is 2.34. The van der Waals surface area contributed by atoms with Crippen LogP contribution in [0.5, 0.6) is 0 Å². The van der Waals surface area contributed by atoms with Crippen LogP contribution in [-0.4, -0.2) is 36.0 Å². The molecule has 2 rings (SSSR count). The van der Waals surface area contributed by atoms with Gasteiger partial charge in [0.05, 0.1) is 13.2 Å². The van der Waals surface area contributed by atoms with E-state index in [-0.39, 0.29) is 17.6 Å². The van der Waals surface area contributed by atoms with Crippen LogP contribution < -0.4 is 5.73 Å². The SMILES string of the molecule is CC(C)(N)CCC(=O)N1CCOC(c2ccc(Cl)cc2)C1. The highest BCUT2D eigenvalue weighted by Crippen LogP contribution is 2.24. The molecule has 1 atom stereocenters. The molecule has 4 nitrogen and oxygen atoms in total. The quantitative estimate of drug-likeness (QED) is 0.930. The third kappa shape index (κ3) is 4.99. The third-order valence-electron chi connectivity index (χ3n) is 3.64. The summed E-state index contributed by atoms with van der Waals surface area (Å²) in [6.07, 6.45) is 1.09. The van der Waals surface area contributed by atoms with Crippen molar-refractivity contribution in [3.63, 3.8) is 0 Å². The van der Waals surface area contributed by atoms with Gasteiger partial charge in [-0.3, -0.25) is 4.79 Å². The van der Waals surface area contributed by atoms with Crippen molar-refractivity contribution in [3.8, 4) is 0 Å². The van der Waals surface area contributed by atoms with Crippen LogP contribution in [0.1, 0.15) is 38.4 Å². The molecule has 1 aliphatic heterocycles. The van der Waals surface area contributed by atoms with Crippen molar-refractivity contribution in [2.45, 2.75) is 38.3 Å². The minimum atomic E-state index is -0.308. The summed E-state index contributed by atoms with van der Waals surface area (Å²) < 4.78 is 5.77. The Morgan fingerprint density at radius 3 is 2.71 bits per heavy atom. The van der Waals surface area contributed by atoms with E-state index >= 15 is 0 Å². The molecule has 21 heavy (non-hydrogen) atoms. The number of ether oxygens (including phenoxy) is 1. The lowest BCUT2D eigenvalue weighted by atomic mass is 9.99. The van der Waals surface area contributed by atoms with Gasteiger partial charge in [0.2, 0.25) is 5.91 Å². The number of rotatable bonds is 4. The molecule has 1 aromatic carbocycles. The van der Waals surface area contributed by atoms with E-state index in [1.807, 2.05) is 43.0 Å². The van der Waals surface area contributed by atoms with Gasteiger partial charge in [0, 0.05) is 23.5 Å². The van der Waals surface area contributed by atoms with Crippen LogP contribution in [0, 0.1) is 0 Å². The number of hydrogen-bond acceptors (Lipinski definition) is 3. The lowest BCUT2D eigenvalue weighted by Gasteiger charge is -2.34.